The summed E-state index contributed by atoms with van der Waals surface area (Å²) >= 11 is 1.52. The number of amides is 1. The third-order valence-electron chi connectivity index (χ3n) is 4.73. The predicted octanol–water partition coefficient (Wildman–Crippen LogP) is 2.75. The Morgan fingerprint density at radius 2 is 2.12 bits per heavy atom. The number of piperidine rings is 1. The molecule has 1 aromatic carbocycles. The molecule has 0 bridgehead atoms. The van der Waals surface area contributed by atoms with Crippen LogP contribution in [0.25, 0.3) is 0 Å². The second-order valence-corrected chi connectivity index (χ2v) is 7.36. The van der Waals surface area contributed by atoms with Crippen LogP contribution in [0.5, 0.6) is 5.75 Å². The Hall–Kier alpha value is -1.92. The molecule has 25 heavy (non-hydrogen) atoms. The van der Waals surface area contributed by atoms with Gasteiger partial charge in [0, 0.05) is 24.9 Å². The van der Waals surface area contributed by atoms with Crippen molar-refractivity contribution in [1.29, 1.82) is 0 Å². The molecule has 1 saturated heterocycles. The Morgan fingerprint density at radius 3 is 2.84 bits per heavy atom. The third kappa shape index (κ3) is 4.38. The molecule has 0 aliphatic carbocycles. The van der Waals surface area contributed by atoms with E-state index in [9.17, 15) is 4.79 Å². The van der Waals surface area contributed by atoms with Gasteiger partial charge >= 0.3 is 0 Å². The minimum absolute atomic E-state index is 0.0512. The third-order valence-corrected chi connectivity index (χ3v) is 5.64. The van der Waals surface area contributed by atoms with Crippen LogP contribution in [0.2, 0.25) is 0 Å². The van der Waals surface area contributed by atoms with Crippen LogP contribution < -0.4 is 10.5 Å². The van der Waals surface area contributed by atoms with Crippen LogP contribution in [0.3, 0.4) is 0 Å². The van der Waals surface area contributed by atoms with Gasteiger partial charge in [-0.3, -0.25) is 4.79 Å². The molecule has 6 heteroatoms. The van der Waals surface area contributed by atoms with Crippen molar-refractivity contribution in [2.75, 3.05) is 26.7 Å². The van der Waals surface area contributed by atoms with E-state index in [2.05, 4.69) is 17.1 Å². The zero-order chi connectivity index (χ0) is 17.6. The average Bonchev–Trinajstić information content (AvgIpc) is 3.11. The Bertz CT molecular complexity index is 708. The number of hydrogen-bond acceptors (Lipinski definition) is 5. The summed E-state index contributed by atoms with van der Waals surface area (Å²) in [4.78, 5) is 18.9. The number of aromatic nitrogens is 1. The highest BCUT2D eigenvalue weighted by molar-refractivity contribution is 7.09. The predicted molar refractivity (Wildman–Crippen MR) is 100 cm³/mol. The quantitative estimate of drug-likeness (QED) is 0.861. The van der Waals surface area contributed by atoms with E-state index in [1.54, 1.807) is 7.11 Å². The number of ether oxygens (including phenoxy) is 1. The lowest BCUT2D eigenvalue weighted by molar-refractivity contribution is 0.0685. The molecule has 0 unspecified atom stereocenters. The van der Waals surface area contributed by atoms with Gasteiger partial charge in [0.2, 0.25) is 0 Å². The second kappa shape index (κ2) is 8.45. The van der Waals surface area contributed by atoms with Crippen molar-refractivity contribution in [3.05, 3.63) is 45.9 Å². The van der Waals surface area contributed by atoms with Crippen LogP contribution >= 0.6 is 11.3 Å². The minimum atomic E-state index is 0.0512. The first kappa shape index (κ1) is 17.9. The summed E-state index contributed by atoms with van der Waals surface area (Å²) in [6, 6.07) is 8.19. The zero-order valence-corrected chi connectivity index (χ0v) is 15.4. The number of carbonyl (C=O) groups excluding carboxylic acids is 1. The van der Waals surface area contributed by atoms with Crippen LogP contribution in [-0.2, 0) is 12.8 Å². The number of thiazole rings is 1. The van der Waals surface area contributed by atoms with Crippen molar-refractivity contribution in [3.63, 3.8) is 0 Å². The summed E-state index contributed by atoms with van der Waals surface area (Å²) in [5.74, 6) is 1.59. The lowest BCUT2D eigenvalue weighted by atomic mass is 9.89. The van der Waals surface area contributed by atoms with Crippen molar-refractivity contribution < 1.29 is 9.53 Å². The van der Waals surface area contributed by atoms with E-state index in [0.29, 0.717) is 18.2 Å². The van der Waals surface area contributed by atoms with Crippen LogP contribution in [0.1, 0.15) is 33.9 Å². The lowest BCUT2D eigenvalue weighted by Gasteiger charge is -2.31. The molecular weight excluding hydrogens is 334 g/mol. The monoisotopic (exact) mass is 359 g/mol. The maximum absolute atomic E-state index is 12.6. The first-order valence-electron chi connectivity index (χ1n) is 8.77. The number of carbonyl (C=O) groups is 1. The maximum atomic E-state index is 12.6. The molecule has 2 heterocycles. The topological polar surface area (TPSA) is 68.5 Å². The summed E-state index contributed by atoms with van der Waals surface area (Å²) in [5, 5.41) is 2.80. The first-order chi connectivity index (χ1) is 12.2. The standard InChI is InChI=1S/C19H25N3O2S/c1-24-17-5-3-2-4-15(17)12-14-7-10-22(11-8-14)19(23)16-13-25-18(21-16)6-9-20/h2-5,13-14H,6-12,20H2,1H3. The molecule has 0 saturated carbocycles. The fourth-order valence-electron chi connectivity index (χ4n) is 3.33. The number of para-hydroxylation sites is 1. The number of methoxy groups -OCH3 is 1. The summed E-state index contributed by atoms with van der Waals surface area (Å²) in [5.41, 5.74) is 7.37. The molecule has 1 fully saturated rings. The molecule has 1 amide bonds. The zero-order valence-electron chi connectivity index (χ0n) is 14.6. The van der Waals surface area contributed by atoms with E-state index in [-0.39, 0.29) is 5.91 Å². The molecule has 2 N–H and O–H groups in total. The van der Waals surface area contributed by atoms with Gasteiger partial charge in [0.1, 0.15) is 11.4 Å². The fraction of sp³-hybridized carbons (Fsp3) is 0.474. The molecule has 0 atom stereocenters. The van der Waals surface area contributed by atoms with Gasteiger partial charge in [-0.2, -0.15) is 0 Å². The van der Waals surface area contributed by atoms with Gasteiger partial charge in [-0.15, -0.1) is 11.3 Å². The SMILES string of the molecule is COc1ccccc1CC1CCN(C(=O)c2csc(CCN)n2)CC1. The van der Waals surface area contributed by atoms with E-state index < -0.39 is 0 Å². The number of hydrogen-bond donors (Lipinski definition) is 1. The normalized spacial score (nSPS) is 15.4. The number of nitrogens with two attached hydrogens (primary N) is 1. The number of benzene rings is 1. The van der Waals surface area contributed by atoms with Crippen LogP contribution in [0.15, 0.2) is 29.6 Å². The van der Waals surface area contributed by atoms with Gasteiger partial charge in [-0.05, 0) is 43.4 Å². The molecule has 1 aliphatic heterocycles. The van der Waals surface area contributed by atoms with E-state index >= 15 is 0 Å². The molecule has 134 valence electrons. The molecule has 3 rings (SSSR count). The lowest BCUT2D eigenvalue weighted by Crippen LogP contribution is -2.39. The van der Waals surface area contributed by atoms with Gasteiger partial charge in [0.05, 0.1) is 12.1 Å². The highest BCUT2D eigenvalue weighted by Gasteiger charge is 2.25. The summed E-state index contributed by atoms with van der Waals surface area (Å²) in [7, 11) is 1.72. The van der Waals surface area contributed by atoms with Gasteiger partial charge < -0.3 is 15.4 Å². The number of rotatable bonds is 6. The summed E-state index contributed by atoms with van der Waals surface area (Å²) in [6.07, 6.45) is 3.77. The van der Waals surface area contributed by atoms with Crippen LogP contribution in [0, 0.1) is 5.92 Å². The van der Waals surface area contributed by atoms with Crippen LogP contribution in [-0.4, -0.2) is 42.5 Å². The Balaban J connectivity index is 1.55. The largest absolute Gasteiger partial charge is 0.496 e. The van der Waals surface area contributed by atoms with Crippen molar-refractivity contribution in [2.24, 2.45) is 11.7 Å². The fourth-order valence-corrected chi connectivity index (χ4v) is 4.12. The van der Waals surface area contributed by atoms with E-state index in [4.69, 9.17) is 10.5 Å². The number of likely N-dealkylation sites (tertiary alicyclic amines) is 1. The Morgan fingerprint density at radius 1 is 1.36 bits per heavy atom. The Kier molecular flexibility index (Phi) is 6.04. The first-order valence-corrected chi connectivity index (χ1v) is 9.65. The minimum Gasteiger partial charge on any atom is -0.496 e. The van der Waals surface area contributed by atoms with Crippen molar-refractivity contribution >= 4 is 17.2 Å². The molecule has 0 radical (unpaired) electrons. The highest BCUT2D eigenvalue weighted by atomic mass is 32.1. The molecule has 1 aromatic heterocycles. The molecule has 5 nitrogen and oxygen atoms in total. The molecule has 0 spiro atoms. The molecule has 2 aromatic rings. The maximum Gasteiger partial charge on any atom is 0.273 e. The Labute approximate surface area is 152 Å². The van der Waals surface area contributed by atoms with Crippen LogP contribution in [0.4, 0.5) is 0 Å². The highest BCUT2D eigenvalue weighted by Crippen LogP contribution is 2.27. The van der Waals surface area contributed by atoms with Crippen molar-refractivity contribution in [1.82, 2.24) is 9.88 Å². The molecular formula is C19H25N3O2S. The van der Waals surface area contributed by atoms with Gasteiger partial charge in [-0.1, -0.05) is 18.2 Å². The average molecular weight is 359 g/mol. The van der Waals surface area contributed by atoms with Crippen molar-refractivity contribution in [3.8, 4) is 5.75 Å². The van der Waals surface area contributed by atoms with Crippen molar-refractivity contribution in [2.45, 2.75) is 25.7 Å². The number of nitrogens with zero attached hydrogens (tertiary/aromatic N) is 2. The van der Waals surface area contributed by atoms with Gasteiger partial charge in [0.15, 0.2) is 0 Å². The van der Waals surface area contributed by atoms with Gasteiger partial charge in [0.25, 0.3) is 5.91 Å². The second-order valence-electron chi connectivity index (χ2n) is 6.42. The van der Waals surface area contributed by atoms with E-state index in [1.165, 1.54) is 16.9 Å². The smallest absolute Gasteiger partial charge is 0.273 e. The van der Waals surface area contributed by atoms with E-state index in [0.717, 1.165) is 49.5 Å². The summed E-state index contributed by atoms with van der Waals surface area (Å²) < 4.78 is 5.45. The van der Waals surface area contributed by atoms with Gasteiger partial charge in [-0.25, -0.2) is 4.98 Å². The molecule has 1 aliphatic rings. The summed E-state index contributed by atoms with van der Waals surface area (Å²) in [6.45, 7) is 2.15. The van der Waals surface area contributed by atoms with E-state index in [1.807, 2.05) is 22.4 Å².